The fourth-order valence-electron chi connectivity index (χ4n) is 3.63. The van der Waals surface area contributed by atoms with Crippen LogP contribution in [0.4, 0.5) is 5.69 Å². The van der Waals surface area contributed by atoms with E-state index in [0.29, 0.717) is 41.0 Å². The highest BCUT2D eigenvalue weighted by molar-refractivity contribution is 7.91. The molecule has 1 saturated heterocycles. The summed E-state index contributed by atoms with van der Waals surface area (Å²) < 4.78 is 34.9. The fourth-order valence-corrected chi connectivity index (χ4v) is 7.49. The zero-order chi connectivity index (χ0) is 22.9. The number of nitro groups is 1. The van der Waals surface area contributed by atoms with Crippen molar-refractivity contribution in [2.45, 2.75) is 29.6 Å². The summed E-state index contributed by atoms with van der Waals surface area (Å²) in [7, 11) is -2.22. The predicted molar refractivity (Wildman–Crippen MR) is 120 cm³/mol. The summed E-state index contributed by atoms with van der Waals surface area (Å²) in [5.41, 5.74) is 0.637. The molecule has 1 amide bonds. The lowest BCUT2D eigenvalue weighted by atomic mass is 10.2. The van der Waals surface area contributed by atoms with Gasteiger partial charge in [0, 0.05) is 32.3 Å². The summed E-state index contributed by atoms with van der Waals surface area (Å²) in [5, 5.41) is 12.8. The molecule has 1 aliphatic heterocycles. The van der Waals surface area contributed by atoms with E-state index in [1.165, 1.54) is 22.5 Å². The topological polar surface area (TPSA) is 124 Å². The largest absolute Gasteiger partial charge is 0.383 e. The van der Waals surface area contributed by atoms with Gasteiger partial charge < -0.3 is 9.30 Å². The van der Waals surface area contributed by atoms with Gasteiger partial charge in [-0.15, -0.1) is 11.3 Å². The van der Waals surface area contributed by atoms with Crippen molar-refractivity contribution in [2.75, 3.05) is 20.3 Å². The molecular formula is C19H20N4O6S3. The monoisotopic (exact) mass is 496 g/mol. The van der Waals surface area contributed by atoms with Gasteiger partial charge in [0.1, 0.15) is 10.3 Å². The Morgan fingerprint density at radius 2 is 2.19 bits per heavy atom. The van der Waals surface area contributed by atoms with Crippen molar-refractivity contribution < 1.29 is 22.9 Å². The van der Waals surface area contributed by atoms with Gasteiger partial charge in [-0.1, -0.05) is 17.4 Å². The molecule has 4 rings (SSSR count). The Kier molecular flexibility index (Phi) is 6.53. The Labute approximate surface area is 191 Å². The first-order valence-corrected chi connectivity index (χ1v) is 12.9. The van der Waals surface area contributed by atoms with Crippen molar-refractivity contribution in [1.29, 1.82) is 0 Å². The number of carbonyl (C=O) groups is 1. The predicted octanol–water partition coefficient (Wildman–Crippen LogP) is 2.60. The summed E-state index contributed by atoms with van der Waals surface area (Å²) in [4.78, 5) is 28.4. The van der Waals surface area contributed by atoms with E-state index in [1.807, 2.05) is 0 Å². The maximum absolute atomic E-state index is 13.1. The Morgan fingerprint density at radius 1 is 1.38 bits per heavy atom. The fraction of sp³-hybridized carbons (Fsp3) is 0.368. The quantitative estimate of drug-likeness (QED) is 0.366. The van der Waals surface area contributed by atoms with Crippen LogP contribution in [-0.4, -0.2) is 54.4 Å². The number of thiophene rings is 1. The van der Waals surface area contributed by atoms with Gasteiger partial charge >= 0.3 is 0 Å². The lowest BCUT2D eigenvalue weighted by molar-refractivity contribution is -0.384. The molecule has 0 aliphatic carbocycles. The number of methoxy groups -OCH3 is 1. The first-order valence-electron chi connectivity index (χ1n) is 9.73. The normalized spacial score (nSPS) is 17.9. The van der Waals surface area contributed by atoms with Crippen molar-refractivity contribution in [3.8, 4) is 0 Å². The first-order chi connectivity index (χ1) is 15.3. The zero-order valence-corrected chi connectivity index (χ0v) is 19.5. The van der Waals surface area contributed by atoms with Gasteiger partial charge in [-0.2, -0.15) is 9.30 Å². The summed E-state index contributed by atoms with van der Waals surface area (Å²) in [6.07, 6.45) is 0.959. The average molecular weight is 497 g/mol. The number of amides is 1. The number of nitro benzene ring substituents is 1. The SMILES string of the molecule is COCCn1c(=NC(=O)C2CCCN2S(=O)(=O)c2cccs2)sc2cc([N+](=O)[O-])ccc21. The molecule has 32 heavy (non-hydrogen) atoms. The molecule has 1 atom stereocenters. The molecule has 2 aromatic heterocycles. The van der Waals surface area contributed by atoms with Crippen molar-refractivity contribution in [3.63, 3.8) is 0 Å². The van der Waals surface area contributed by atoms with Crippen LogP contribution in [0, 0.1) is 10.1 Å². The van der Waals surface area contributed by atoms with Crippen LogP contribution in [0.2, 0.25) is 0 Å². The maximum atomic E-state index is 13.1. The highest BCUT2D eigenvalue weighted by atomic mass is 32.2. The van der Waals surface area contributed by atoms with Gasteiger partial charge in [0.05, 0.1) is 21.7 Å². The van der Waals surface area contributed by atoms with E-state index >= 15 is 0 Å². The third-order valence-electron chi connectivity index (χ3n) is 5.15. The third kappa shape index (κ3) is 4.26. The number of carbonyl (C=O) groups excluding carboxylic acids is 1. The third-order valence-corrected chi connectivity index (χ3v) is 9.47. The second kappa shape index (κ2) is 9.19. The van der Waals surface area contributed by atoms with E-state index < -0.39 is 26.9 Å². The van der Waals surface area contributed by atoms with Crippen molar-refractivity contribution >= 4 is 54.5 Å². The molecule has 3 aromatic rings. The molecule has 1 fully saturated rings. The molecule has 170 valence electrons. The van der Waals surface area contributed by atoms with Crippen LogP contribution in [-0.2, 0) is 26.1 Å². The molecule has 1 aromatic carbocycles. The lowest BCUT2D eigenvalue weighted by Gasteiger charge is -2.20. The molecule has 0 radical (unpaired) electrons. The van der Waals surface area contributed by atoms with Crippen LogP contribution in [0.15, 0.2) is 44.9 Å². The molecule has 0 spiro atoms. The number of benzene rings is 1. The molecule has 1 unspecified atom stereocenters. The molecule has 3 heterocycles. The summed E-state index contributed by atoms with van der Waals surface area (Å²) >= 11 is 2.26. The minimum absolute atomic E-state index is 0.0560. The molecular weight excluding hydrogens is 476 g/mol. The second-order valence-corrected chi connectivity index (χ2v) is 11.2. The van der Waals surface area contributed by atoms with Crippen LogP contribution < -0.4 is 4.80 Å². The molecule has 0 N–H and O–H groups in total. The number of aromatic nitrogens is 1. The smallest absolute Gasteiger partial charge is 0.270 e. The van der Waals surface area contributed by atoms with E-state index in [2.05, 4.69) is 4.99 Å². The van der Waals surface area contributed by atoms with Crippen LogP contribution in [0.3, 0.4) is 0 Å². The number of hydrogen-bond donors (Lipinski definition) is 0. The van der Waals surface area contributed by atoms with Gasteiger partial charge in [0.2, 0.25) is 0 Å². The summed E-state index contributed by atoms with van der Waals surface area (Å²) in [6.45, 7) is 1.00. The number of ether oxygens (including phenoxy) is 1. The van der Waals surface area contributed by atoms with E-state index in [0.717, 1.165) is 22.7 Å². The van der Waals surface area contributed by atoms with Crippen LogP contribution >= 0.6 is 22.7 Å². The lowest BCUT2D eigenvalue weighted by Crippen LogP contribution is -2.40. The van der Waals surface area contributed by atoms with Crippen LogP contribution in [0.25, 0.3) is 10.2 Å². The highest BCUT2D eigenvalue weighted by Gasteiger charge is 2.40. The molecule has 0 bridgehead atoms. The molecule has 13 heteroatoms. The number of rotatable bonds is 7. The van der Waals surface area contributed by atoms with E-state index in [1.54, 1.807) is 29.2 Å². The minimum Gasteiger partial charge on any atom is -0.383 e. The highest BCUT2D eigenvalue weighted by Crippen LogP contribution is 2.29. The molecule has 1 aliphatic rings. The zero-order valence-electron chi connectivity index (χ0n) is 17.0. The van der Waals surface area contributed by atoms with Gasteiger partial charge in [0.15, 0.2) is 4.80 Å². The number of fused-ring (bicyclic) bond motifs is 1. The minimum atomic E-state index is -3.77. The molecule has 10 nitrogen and oxygen atoms in total. The number of nitrogens with zero attached hydrogens (tertiary/aromatic N) is 4. The average Bonchev–Trinajstić information content (AvgIpc) is 3.51. The maximum Gasteiger partial charge on any atom is 0.270 e. The number of non-ortho nitro benzene ring substituents is 1. The number of sulfonamides is 1. The van der Waals surface area contributed by atoms with Crippen LogP contribution in [0.1, 0.15) is 12.8 Å². The van der Waals surface area contributed by atoms with Gasteiger partial charge in [-0.3, -0.25) is 14.9 Å². The summed E-state index contributed by atoms with van der Waals surface area (Å²) in [5.74, 6) is -0.546. The Morgan fingerprint density at radius 3 is 2.88 bits per heavy atom. The van der Waals surface area contributed by atoms with Gasteiger partial charge in [0.25, 0.3) is 21.6 Å². The number of thiazole rings is 1. The van der Waals surface area contributed by atoms with E-state index in [-0.39, 0.29) is 16.4 Å². The molecule has 0 saturated carbocycles. The standard InChI is InChI=1S/C19H20N4O6S3/c1-29-10-9-21-14-7-6-13(23(25)26)12-16(14)31-19(21)20-18(24)15-4-2-8-22(15)32(27,28)17-5-3-11-30-17/h3,5-7,11-12,15H,2,4,8-10H2,1H3. The van der Waals surface area contributed by atoms with Crippen molar-refractivity contribution in [3.05, 3.63) is 50.6 Å². The van der Waals surface area contributed by atoms with E-state index in [4.69, 9.17) is 4.74 Å². The summed E-state index contributed by atoms with van der Waals surface area (Å²) in [6, 6.07) is 6.76. The van der Waals surface area contributed by atoms with Gasteiger partial charge in [-0.05, 0) is 30.4 Å². The van der Waals surface area contributed by atoms with Crippen molar-refractivity contribution in [2.24, 2.45) is 4.99 Å². The van der Waals surface area contributed by atoms with Gasteiger partial charge in [-0.25, -0.2) is 8.42 Å². The first kappa shape index (κ1) is 22.7. The second-order valence-electron chi connectivity index (χ2n) is 7.09. The van der Waals surface area contributed by atoms with E-state index in [9.17, 15) is 23.3 Å². The Hall–Kier alpha value is -2.45. The Balaban J connectivity index is 1.74. The number of hydrogen-bond acceptors (Lipinski definition) is 8. The van der Waals surface area contributed by atoms with Crippen molar-refractivity contribution in [1.82, 2.24) is 8.87 Å². The Bertz CT molecular complexity index is 1330. The van der Waals surface area contributed by atoms with Crippen LogP contribution in [0.5, 0.6) is 0 Å².